The van der Waals surface area contributed by atoms with E-state index in [-0.39, 0.29) is 12.4 Å². The quantitative estimate of drug-likeness (QED) is 0.861. The number of alkyl halides is 3. The van der Waals surface area contributed by atoms with Crippen molar-refractivity contribution in [2.45, 2.75) is 6.18 Å². The predicted octanol–water partition coefficient (Wildman–Crippen LogP) is 3.07. The molecular formula is C15H12F4N2O2. The molecule has 1 aromatic heterocycles. The fourth-order valence-corrected chi connectivity index (χ4v) is 2.94. The zero-order valence-electron chi connectivity index (χ0n) is 11.7. The van der Waals surface area contributed by atoms with Gasteiger partial charge in [-0.3, -0.25) is 4.79 Å². The molecule has 0 saturated carbocycles. The van der Waals surface area contributed by atoms with Gasteiger partial charge in [-0.1, -0.05) is 6.07 Å². The number of aliphatic carboxylic acids is 1. The third-order valence-electron chi connectivity index (χ3n) is 4.06. The molecule has 1 aliphatic heterocycles. The highest BCUT2D eigenvalue weighted by Crippen LogP contribution is 2.40. The normalized spacial score (nSPS) is 21.8. The summed E-state index contributed by atoms with van der Waals surface area (Å²) in [4.78, 5) is 16.4. The van der Waals surface area contributed by atoms with E-state index in [1.54, 1.807) is 6.07 Å². The molecule has 122 valence electrons. The molecule has 2 atom stereocenters. The number of carbonyl (C=O) groups is 1. The lowest BCUT2D eigenvalue weighted by Crippen LogP contribution is -2.33. The van der Waals surface area contributed by atoms with E-state index in [4.69, 9.17) is 5.11 Å². The van der Waals surface area contributed by atoms with E-state index >= 15 is 0 Å². The maximum atomic E-state index is 13.5. The summed E-state index contributed by atoms with van der Waals surface area (Å²) in [5.41, 5.74) is 0. The molecule has 1 fully saturated rings. The van der Waals surface area contributed by atoms with Crippen molar-refractivity contribution < 1.29 is 27.5 Å². The Hall–Kier alpha value is -2.38. The first-order valence-corrected chi connectivity index (χ1v) is 6.86. The van der Waals surface area contributed by atoms with Crippen LogP contribution in [0.1, 0.15) is 0 Å². The number of anilines is 1. The number of halogens is 4. The smallest absolute Gasteiger partial charge is 0.394 e. The Morgan fingerprint density at radius 1 is 1.26 bits per heavy atom. The number of pyridine rings is 1. The average Bonchev–Trinajstić information content (AvgIpc) is 2.92. The number of fused-ring (bicyclic) bond motifs is 1. The summed E-state index contributed by atoms with van der Waals surface area (Å²) >= 11 is 0. The second kappa shape index (κ2) is 5.36. The molecule has 0 unspecified atom stereocenters. The molecule has 0 spiro atoms. The van der Waals surface area contributed by atoms with Gasteiger partial charge < -0.3 is 10.0 Å². The maximum Gasteiger partial charge on any atom is 0.394 e. The van der Waals surface area contributed by atoms with Crippen molar-refractivity contribution in [2.24, 2.45) is 11.8 Å². The van der Waals surface area contributed by atoms with Crippen LogP contribution in [0.25, 0.3) is 10.8 Å². The van der Waals surface area contributed by atoms with Crippen molar-refractivity contribution >= 4 is 22.6 Å². The lowest BCUT2D eigenvalue weighted by Gasteiger charge is -2.20. The van der Waals surface area contributed by atoms with Gasteiger partial charge in [0.05, 0.1) is 11.8 Å². The van der Waals surface area contributed by atoms with Gasteiger partial charge in [-0.25, -0.2) is 9.37 Å². The Morgan fingerprint density at radius 3 is 2.61 bits per heavy atom. The molecule has 1 aromatic carbocycles. The van der Waals surface area contributed by atoms with Gasteiger partial charge in [0.15, 0.2) is 0 Å². The third kappa shape index (κ3) is 2.80. The summed E-state index contributed by atoms with van der Waals surface area (Å²) in [6.45, 7) is -0.828. The largest absolute Gasteiger partial charge is 0.481 e. The highest BCUT2D eigenvalue weighted by Gasteiger charge is 2.53. The number of nitrogens with zero attached hydrogens (tertiary/aromatic N) is 2. The van der Waals surface area contributed by atoms with E-state index in [1.165, 1.54) is 29.3 Å². The van der Waals surface area contributed by atoms with Gasteiger partial charge in [0.1, 0.15) is 11.6 Å². The van der Waals surface area contributed by atoms with Gasteiger partial charge in [-0.05, 0) is 23.6 Å². The first-order chi connectivity index (χ1) is 10.8. The van der Waals surface area contributed by atoms with Crippen LogP contribution >= 0.6 is 0 Å². The van der Waals surface area contributed by atoms with Crippen LogP contribution in [-0.2, 0) is 4.79 Å². The van der Waals surface area contributed by atoms with Crippen LogP contribution in [0.15, 0.2) is 30.5 Å². The Bertz CT molecular complexity index is 763. The standard InChI is InChI=1S/C15H12F4N2O2/c16-9-2-1-8-3-4-20-13(10(8)5-9)21-6-11(14(22)23)12(7-21)15(17,18)19/h1-5,11-12H,6-7H2,(H,22,23)/t11-,12-/m1/s1. The van der Waals surface area contributed by atoms with Crippen molar-refractivity contribution in [1.29, 1.82) is 0 Å². The lowest BCUT2D eigenvalue weighted by atomic mass is 9.96. The van der Waals surface area contributed by atoms with Crippen LogP contribution in [0.2, 0.25) is 0 Å². The maximum absolute atomic E-state index is 13.5. The van der Waals surface area contributed by atoms with Crippen LogP contribution in [0.4, 0.5) is 23.4 Å². The van der Waals surface area contributed by atoms with E-state index in [2.05, 4.69) is 4.98 Å². The molecule has 1 N–H and O–H groups in total. The minimum absolute atomic E-state index is 0.167. The van der Waals surface area contributed by atoms with Crippen molar-refractivity contribution in [3.8, 4) is 0 Å². The summed E-state index contributed by atoms with van der Waals surface area (Å²) in [5.74, 6) is -5.42. The number of aromatic nitrogens is 1. The summed E-state index contributed by atoms with van der Waals surface area (Å²) in [6, 6.07) is 5.55. The van der Waals surface area contributed by atoms with E-state index < -0.39 is 36.3 Å². The second-order valence-corrected chi connectivity index (χ2v) is 5.50. The highest BCUT2D eigenvalue weighted by molar-refractivity contribution is 5.92. The average molecular weight is 328 g/mol. The zero-order valence-corrected chi connectivity index (χ0v) is 11.7. The number of hydrogen-bond donors (Lipinski definition) is 1. The number of carboxylic acid groups (broad SMARTS) is 1. The van der Waals surface area contributed by atoms with Crippen molar-refractivity contribution in [2.75, 3.05) is 18.0 Å². The summed E-state index contributed by atoms with van der Waals surface area (Å²) < 4.78 is 52.7. The first kappa shape index (κ1) is 15.5. The molecule has 0 bridgehead atoms. The van der Waals surface area contributed by atoms with Gasteiger partial charge >= 0.3 is 12.1 Å². The molecular weight excluding hydrogens is 316 g/mol. The monoisotopic (exact) mass is 328 g/mol. The molecule has 3 rings (SSSR count). The van der Waals surface area contributed by atoms with Crippen molar-refractivity contribution in [3.05, 3.63) is 36.3 Å². The van der Waals surface area contributed by atoms with Gasteiger partial charge in [-0.15, -0.1) is 0 Å². The predicted molar refractivity (Wildman–Crippen MR) is 74.6 cm³/mol. The molecule has 0 radical (unpaired) electrons. The molecule has 23 heavy (non-hydrogen) atoms. The molecule has 2 heterocycles. The minimum Gasteiger partial charge on any atom is -0.481 e. The summed E-state index contributed by atoms with van der Waals surface area (Å²) in [5, 5.41) is 10.0. The van der Waals surface area contributed by atoms with Crippen LogP contribution < -0.4 is 4.90 Å². The van der Waals surface area contributed by atoms with Crippen LogP contribution in [0, 0.1) is 17.7 Å². The molecule has 0 aliphatic carbocycles. The Labute approximate surface area is 128 Å². The Balaban J connectivity index is 2.03. The molecule has 8 heteroatoms. The van der Waals surface area contributed by atoms with Gasteiger partial charge in [0.25, 0.3) is 0 Å². The molecule has 2 aromatic rings. The molecule has 1 aliphatic rings. The molecule has 4 nitrogen and oxygen atoms in total. The minimum atomic E-state index is -4.62. The molecule has 1 saturated heterocycles. The summed E-state index contributed by atoms with van der Waals surface area (Å²) in [7, 11) is 0. The van der Waals surface area contributed by atoms with Crippen LogP contribution in [0.3, 0.4) is 0 Å². The van der Waals surface area contributed by atoms with Crippen molar-refractivity contribution in [3.63, 3.8) is 0 Å². The third-order valence-corrected chi connectivity index (χ3v) is 4.06. The number of carboxylic acids is 1. The van der Waals surface area contributed by atoms with E-state index in [9.17, 15) is 22.4 Å². The topological polar surface area (TPSA) is 53.4 Å². The number of benzene rings is 1. The highest BCUT2D eigenvalue weighted by atomic mass is 19.4. The number of hydrogen-bond acceptors (Lipinski definition) is 3. The van der Waals surface area contributed by atoms with Gasteiger partial charge in [0.2, 0.25) is 0 Å². The Morgan fingerprint density at radius 2 is 2.00 bits per heavy atom. The SMILES string of the molecule is O=C(O)[C@@H]1CN(c2nccc3ccc(F)cc23)C[C@H]1C(F)(F)F. The first-order valence-electron chi connectivity index (χ1n) is 6.86. The van der Waals surface area contributed by atoms with Gasteiger partial charge in [-0.2, -0.15) is 13.2 Å². The lowest BCUT2D eigenvalue weighted by molar-refractivity contribution is -0.187. The van der Waals surface area contributed by atoms with Crippen LogP contribution in [-0.4, -0.2) is 35.3 Å². The van der Waals surface area contributed by atoms with E-state index in [1.807, 2.05) is 0 Å². The number of rotatable bonds is 2. The van der Waals surface area contributed by atoms with Gasteiger partial charge in [0, 0.05) is 24.7 Å². The van der Waals surface area contributed by atoms with Crippen molar-refractivity contribution in [1.82, 2.24) is 4.98 Å². The fraction of sp³-hybridized carbons (Fsp3) is 0.333. The summed E-state index contributed by atoms with van der Waals surface area (Å²) in [6.07, 6.45) is -3.21. The zero-order chi connectivity index (χ0) is 16.8. The van der Waals surface area contributed by atoms with E-state index in [0.29, 0.717) is 10.8 Å². The van der Waals surface area contributed by atoms with E-state index in [0.717, 1.165) is 0 Å². The van der Waals surface area contributed by atoms with Crippen LogP contribution in [0.5, 0.6) is 0 Å². The molecule has 0 amide bonds. The second-order valence-electron chi connectivity index (χ2n) is 5.50. The Kier molecular flexibility index (Phi) is 3.62. The fourth-order valence-electron chi connectivity index (χ4n) is 2.94.